The van der Waals surface area contributed by atoms with Crippen LogP contribution in [0.25, 0.3) is 0 Å². The summed E-state index contributed by atoms with van der Waals surface area (Å²) in [4.78, 5) is 26.0. The minimum absolute atomic E-state index is 0.0174. The molecule has 0 radical (unpaired) electrons. The van der Waals surface area contributed by atoms with Crippen molar-refractivity contribution in [2.75, 3.05) is 0 Å². The lowest BCUT2D eigenvalue weighted by Gasteiger charge is -2.46. The third kappa shape index (κ3) is 4.91. The van der Waals surface area contributed by atoms with Crippen LogP contribution in [0.2, 0.25) is 0 Å². The summed E-state index contributed by atoms with van der Waals surface area (Å²) in [6.07, 6.45) is 7.02. The molecule has 0 amide bonds. The van der Waals surface area contributed by atoms with Crippen molar-refractivity contribution in [1.29, 1.82) is 0 Å². The van der Waals surface area contributed by atoms with Gasteiger partial charge in [-0.15, -0.1) is 0 Å². The van der Waals surface area contributed by atoms with Crippen LogP contribution in [0.1, 0.15) is 74.7 Å². The quantitative estimate of drug-likeness (QED) is 0.457. The highest BCUT2D eigenvalue weighted by molar-refractivity contribution is 6.05. The molecule has 24 heavy (non-hydrogen) atoms. The van der Waals surface area contributed by atoms with E-state index in [4.69, 9.17) is 0 Å². The molecule has 0 heterocycles. The maximum atomic E-state index is 13.1. The number of rotatable bonds is 6. The molecule has 0 N–H and O–H groups in total. The monoisotopic (exact) mass is 332 g/mol. The van der Waals surface area contributed by atoms with Gasteiger partial charge in [0.2, 0.25) is 0 Å². The van der Waals surface area contributed by atoms with Crippen LogP contribution in [0, 0.1) is 29.1 Å². The molecule has 0 aromatic carbocycles. The molecule has 0 aromatic rings. The molecule has 1 aliphatic carbocycles. The molecule has 1 fully saturated rings. The van der Waals surface area contributed by atoms with Crippen molar-refractivity contribution >= 4 is 11.6 Å². The van der Waals surface area contributed by atoms with E-state index in [-0.39, 0.29) is 28.8 Å². The first kappa shape index (κ1) is 20.9. The van der Waals surface area contributed by atoms with Crippen LogP contribution < -0.4 is 0 Å². The van der Waals surface area contributed by atoms with Gasteiger partial charge in [-0.1, -0.05) is 51.0 Å². The summed E-state index contributed by atoms with van der Waals surface area (Å²) >= 11 is 0. The second-order valence-corrected chi connectivity index (χ2v) is 8.88. The van der Waals surface area contributed by atoms with Crippen molar-refractivity contribution in [3.8, 4) is 0 Å². The molecule has 0 saturated heterocycles. The molecule has 1 aliphatic rings. The van der Waals surface area contributed by atoms with Gasteiger partial charge < -0.3 is 0 Å². The van der Waals surface area contributed by atoms with E-state index in [1.807, 2.05) is 13.8 Å². The van der Waals surface area contributed by atoms with Gasteiger partial charge in [0.1, 0.15) is 11.6 Å². The maximum Gasteiger partial charge on any atom is 0.147 e. The molecular formula is C22H36O2. The number of hydrogen-bond acceptors (Lipinski definition) is 2. The van der Waals surface area contributed by atoms with Crippen LogP contribution in [0.5, 0.6) is 0 Å². The Hall–Kier alpha value is -1.18. The molecule has 2 heteroatoms. The zero-order valence-corrected chi connectivity index (χ0v) is 16.9. The molecular weight excluding hydrogens is 296 g/mol. The van der Waals surface area contributed by atoms with E-state index < -0.39 is 5.92 Å². The third-order valence-corrected chi connectivity index (χ3v) is 5.53. The second-order valence-electron chi connectivity index (χ2n) is 8.88. The number of hydrogen-bond donors (Lipinski definition) is 0. The fourth-order valence-electron chi connectivity index (χ4n) is 3.81. The van der Waals surface area contributed by atoms with Crippen molar-refractivity contribution in [3.63, 3.8) is 0 Å². The van der Waals surface area contributed by atoms with Crippen molar-refractivity contribution < 1.29 is 9.59 Å². The molecule has 0 spiro atoms. The van der Waals surface area contributed by atoms with E-state index in [9.17, 15) is 9.59 Å². The molecule has 0 aliphatic heterocycles. The molecule has 136 valence electrons. The zero-order chi connectivity index (χ0) is 18.7. The van der Waals surface area contributed by atoms with Crippen LogP contribution in [-0.4, -0.2) is 11.6 Å². The normalized spacial score (nSPS) is 26.2. The maximum absolute atomic E-state index is 13.1. The lowest BCUT2D eigenvalue weighted by Crippen LogP contribution is -2.50. The number of carbonyl (C=O) groups is 2. The summed E-state index contributed by atoms with van der Waals surface area (Å²) in [6.45, 7) is 16.4. The summed E-state index contributed by atoms with van der Waals surface area (Å²) < 4.78 is 0. The second kappa shape index (κ2) is 8.27. The predicted octanol–water partition coefficient (Wildman–Crippen LogP) is 5.77. The van der Waals surface area contributed by atoms with E-state index >= 15 is 0 Å². The van der Waals surface area contributed by atoms with Crippen LogP contribution in [0.4, 0.5) is 0 Å². The average Bonchev–Trinajstić information content (AvgIpc) is 2.44. The van der Waals surface area contributed by atoms with Gasteiger partial charge in [0.05, 0.1) is 5.92 Å². The van der Waals surface area contributed by atoms with Crippen LogP contribution in [-0.2, 0) is 9.59 Å². The van der Waals surface area contributed by atoms with Gasteiger partial charge in [-0.3, -0.25) is 9.59 Å². The standard InChI is InChI=1S/C22H36O2/c1-14(2)9-11-17-13-18(12-10-15(3)4)22(7,8)19(21(17)24)20(23)16(5)6/h9-10,16-19H,11-13H2,1-8H3/t17-,18+,19+/m1/s1. The Morgan fingerprint density at radius 1 is 1.08 bits per heavy atom. The van der Waals surface area contributed by atoms with E-state index in [2.05, 4.69) is 53.7 Å². The first-order chi connectivity index (χ1) is 11.0. The zero-order valence-electron chi connectivity index (χ0n) is 16.9. The highest BCUT2D eigenvalue weighted by Gasteiger charge is 2.51. The fourth-order valence-corrected chi connectivity index (χ4v) is 3.81. The molecule has 1 saturated carbocycles. The third-order valence-electron chi connectivity index (χ3n) is 5.53. The number of carbonyl (C=O) groups excluding carboxylic acids is 2. The van der Waals surface area contributed by atoms with Gasteiger partial charge in [-0.05, 0) is 58.3 Å². The van der Waals surface area contributed by atoms with Gasteiger partial charge in [0.15, 0.2) is 0 Å². The summed E-state index contributed by atoms with van der Waals surface area (Å²) in [6, 6.07) is 0. The highest BCUT2D eigenvalue weighted by atomic mass is 16.2. The summed E-state index contributed by atoms with van der Waals surface area (Å²) in [5.74, 6) is 0.0882. The van der Waals surface area contributed by atoms with E-state index in [0.717, 1.165) is 19.3 Å². The average molecular weight is 333 g/mol. The van der Waals surface area contributed by atoms with Crippen LogP contribution in [0.3, 0.4) is 0 Å². The SMILES string of the molecule is CC(C)=CC[C@@H]1C[C@H](CC=C(C)C)C(C)(C)[C@@H](C(=O)C(C)C)C1=O. The molecule has 0 aromatic heterocycles. The van der Waals surface area contributed by atoms with Crippen molar-refractivity contribution in [2.24, 2.45) is 29.1 Å². The highest BCUT2D eigenvalue weighted by Crippen LogP contribution is 2.49. The molecule has 0 bridgehead atoms. The molecule has 3 atom stereocenters. The Labute approximate surface area is 148 Å². The Kier molecular flexibility index (Phi) is 7.19. The first-order valence-corrected chi connectivity index (χ1v) is 9.32. The number of Topliss-reactive ketones (excluding diaryl/α,β-unsaturated/α-hetero) is 2. The Morgan fingerprint density at radius 3 is 2.04 bits per heavy atom. The van der Waals surface area contributed by atoms with Gasteiger partial charge in [0, 0.05) is 11.8 Å². The van der Waals surface area contributed by atoms with E-state index in [0.29, 0.717) is 5.92 Å². The minimum atomic E-state index is -0.461. The van der Waals surface area contributed by atoms with Gasteiger partial charge >= 0.3 is 0 Å². The fraction of sp³-hybridized carbons (Fsp3) is 0.727. The van der Waals surface area contributed by atoms with Crippen molar-refractivity contribution in [1.82, 2.24) is 0 Å². The summed E-state index contributed by atoms with van der Waals surface area (Å²) in [5, 5.41) is 0. The van der Waals surface area contributed by atoms with Crippen molar-refractivity contribution in [3.05, 3.63) is 23.3 Å². The van der Waals surface area contributed by atoms with E-state index in [1.54, 1.807) is 0 Å². The molecule has 2 nitrogen and oxygen atoms in total. The molecule has 1 rings (SSSR count). The molecule has 0 unspecified atom stereocenters. The van der Waals surface area contributed by atoms with Crippen LogP contribution >= 0.6 is 0 Å². The summed E-state index contributed by atoms with van der Waals surface area (Å²) in [7, 11) is 0. The summed E-state index contributed by atoms with van der Waals surface area (Å²) in [5.41, 5.74) is 2.27. The number of ketones is 2. The topological polar surface area (TPSA) is 34.1 Å². The Balaban J connectivity index is 3.21. The minimum Gasteiger partial charge on any atom is -0.299 e. The largest absolute Gasteiger partial charge is 0.299 e. The van der Waals surface area contributed by atoms with Gasteiger partial charge in [0.25, 0.3) is 0 Å². The van der Waals surface area contributed by atoms with Crippen molar-refractivity contribution in [2.45, 2.75) is 74.7 Å². The Morgan fingerprint density at radius 2 is 1.58 bits per heavy atom. The Bertz CT molecular complexity index is 526. The lowest BCUT2D eigenvalue weighted by atomic mass is 9.55. The predicted molar refractivity (Wildman–Crippen MR) is 102 cm³/mol. The van der Waals surface area contributed by atoms with Gasteiger partial charge in [-0.25, -0.2) is 0 Å². The number of allylic oxidation sites excluding steroid dienone is 4. The van der Waals surface area contributed by atoms with E-state index in [1.165, 1.54) is 11.1 Å². The first-order valence-electron chi connectivity index (χ1n) is 9.32. The van der Waals surface area contributed by atoms with Gasteiger partial charge in [-0.2, -0.15) is 0 Å². The lowest BCUT2D eigenvalue weighted by molar-refractivity contribution is -0.149. The van der Waals surface area contributed by atoms with Crippen LogP contribution in [0.15, 0.2) is 23.3 Å². The smallest absolute Gasteiger partial charge is 0.147 e.